The molecular formula is C20H19N5S. The van der Waals surface area contributed by atoms with Crippen molar-refractivity contribution in [1.82, 2.24) is 19.9 Å². The van der Waals surface area contributed by atoms with Crippen molar-refractivity contribution < 1.29 is 0 Å². The van der Waals surface area contributed by atoms with Crippen LogP contribution < -0.4 is 5.32 Å². The maximum atomic E-state index is 4.77. The van der Waals surface area contributed by atoms with E-state index in [4.69, 9.17) is 4.98 Å². The van der Waals surface area contributed by atoms with E-state index in [2.05, 4.69) is 58.4 Å². The number of aryl methyl sites for hydroxylation is 4. The van der Waals surface area contributed by atoms with Crippen LogP contribution in [0.4, 0.5) is 11.6 Å². The summed E-state index contributed by atoms with van der Waals surface area (Å²) in [5.41, 5.74) is 4.48. The quantitative estimate of drug-likeness (QED) is 0.561. The number of nitrogens with zero attached hydrogens (tertiary/aromatic N) is 4. The largest absolute Gasteiger partial charge is 0.323 e. The third kappa shape index (κ3) is 3.55. The molecule has 0 radical (unpaired) electrons. The smallest absolute Gasteiger partial charge is 0.162 e. The van der Waals surface area contributed by atoms with E-state index in [9.17, 15) is 0 Å². The van der Waals surface area contributed by atoms with Crippen molar-refractivity contribution in [2.75, 3.05) is 5.32 Å². The molecule has 0 aliphatic heterocycles. The number of thiazole rings is 1. The molecule has 0 saturated carbocycles. The SMILES string of the molecule is Cc1cnc(Nc2ncnc3sc(CCc4ccccc4)nc23)cc1C. The summed E-state index contributed by atoms with van der Waals surface area (Å²) in [4.78, 5) is 18.8. The second-order valence-corrected chi connectivity index (χ2v) is 7.31. The summed E-state index contributed by atoms with van der Waals surface area (Å²) in [6, 6.07) is 12.5. The van der Waals surface area contributed by atoms with Crippen molar-refractivity contribution in [3.05, 3.63) is 70.6 Å². The van der Waals surface area contributed by atoms with Crippen molar-refractivity contribution in [3.8, 4) is 0 Å². The lowest BCUT2D eigenvalue weighted by atomic mass is 10.1. The molecular weight excluding hydrogens is 342 g/mol. The Kier molecular flexibility index (Phi) is 4.58. The molecule has 0 aliphatic rings. The summed E-state index contributed by atoms with van der Waals surface area (Å²) in [5, 5.41) is 4.35. The first-order valence-electron chi connectivity index (χ1n) is 8.53. The molecule has 26 heavy (non-hydrogen) atoms. The number of aromatic nitrogens is 4. The lowest BCUT2D eigenvalue weighted by molar-refractivity contribution is 0.948. The topological polar surface area (TPSA) is 63.6 Å². The summed E-state index contributed by atoms with van der Waals surface area (Å²) < 4.78 is 0. The summed E-state index contributed by atoms with van der Waals surface area (Å²) in [6.45, 7) is 4.12. The molecule has 0 unspecified atom stereocenters. The van der Waals surface area contributed by atoms with Crippen LogP contribution in [-0.2, 0) is 12.8 Å². The number of nitrogens with one attached hydrogen (secondary N) is 1. The minimum absolute atomic E-state index is 0.702. The van der Waals surface area contributed by atoms with Crippen LogP contribution in [0, 0.1) is 13.8 Å². The van der Waals surface area contributed by atoms with E-state index < -0.39 is 0 Å². The molecule has 0 amide bonds. The van der Waals surface area contributed by atoms with E-state index in [-0.39, 0.29) is 0 Å². The highest BCUT2D eigenvalue weighted by Gasteiger charge is 2.12. The van der Waals surface area contributed by atoms with Crippen LogP contribution in [0.3, 0.4) is 0 Å². The van der Waals surface area contributed by atoms with Gasteiger partial charge in [-0.2, -0.15) is 0 Å². The number of fused-ring (bicyclic) bond motifs is 1. The maximum Gasteiger partial charge on any atom is 0.162 e. The highest BCUT2D eigenvalue weighted by atomic mass is 32.1. The fourth-order valence-corrected chi connectivity index (χ4v) is 3.61. The lowest BCUT2D eigenvalue weighted by Gasteiger charge is -2.06. The van der Waals surface area contributed by atoms with Gasteiger partial charge in [-0.15, -0.1) is 0 Å². The standard InChI is InChI=1S/C20H19N5S/c1-13-10-16(21-11-14(13)2)24-19-18-20(23-12-22-19)26-17(25-18)9-8-15-6-4-3-5-7-15/h3-7,10-12H,8-9H2,1-2H3,(H,21,22,23,24). The number of rotatable bonds is 5. The second kappa shape index (κ2) is 7.17. The molecule has 0 spiro atoms. The van der Waals surface area contributed by atoms with Gasteiger partial charge in [0.05, 0.1) is 5.01 Å². The van der Waals surface area contributed by atoms with Gasteiger partial charge in [0, 0.05) is 12.6 Å². The van der Waals surface area contributed by atoms with Gasteiger partial charge in [0.1, 0.15) is 22.5 Å². The van der Waals surface area contributed by atoms with Crippen molar-refractivity contribution in [2.45, 2.75) is 26.7 Å². The summed E-state index contributed by atoms with van der Waals surface area (Å²) in [5.74, 6) is 1.47. The number of hydrogen-bond donors (Lipinski definition) is 1. The van der Waals surface area contributed by atoms with Crippen LogP contribution in [-0.4, -0.2) is 19.9 Å². The van der Waals surface area contributed by atoms with Gasteiger partial charge in [-0.1, -0.05) is 41.7 Å². The number of hydrogen-bond acceptors (Lipinski definition) is 6. The molecule has 130 valence electrons. The molecule has 0 bridgehead atoms. The van der Waals surface area contributed by atoms with Gasteiger partial charge >= 0.3 is 0 Å². The fraction of sp³-hybridized carbons (Fsp3) is 0.200. The summed E-state index contributed by atoms with van der Waals surface area (Å²) in [6.07, 6.45) is 5.30. The highest BCUT2D eigenvalue weighted by molar-refractivity contribution is 7.18. The van der Waals surface area contributed by atoms with Crippen LogP contribution in [0.2, 0.25) is 0 Å². The molecule has 4 aromatic rings. The number of anilines is 2. The molecule has 3 aromatic heterocycles. The molecule has 0 fully saturated rings. The zero-order valence-corrected chi connectivity index (χ0v) is 15.5. The number of pyridine rings is 1. The van der Waals surface area contributed by atoms with E-state index >= 15 is 0 Å². The summed E-state index contributed by atoms with van der Waals surface area (Å²) in [7, 11) is 0. The molecule has 3 heterocycles. The predicted octanol–water partition coefficient (Wildman–Crippen LogP) is 4.63. The van der Waals surface area contributed by atoms with Crippen LogP contribution in [0.15, 0.2) is 48.9 Å². The Hall–Kier alpha value is -2.86. The molecule has 4 rings (SSSR count). The molecule has 0 saturated heterocycles. The first-order valence-corrected chi connectivity index (χ1v) is 9.35. The third-order valence-corrected chi connectivity index (χ3v) is 5.35. The zero-order valence-electron chi connectivity index (χ0n) is 14.7. The first-order chi connectivity index (χ1) is 12.7. The van der Waals surface area contributed by atoms with Gasteiger partial charge in [0.25, 0.3) is 0 Å². The van der Waals surface area contributed by atoms with Gasteiger partial charge in [0.15, 0.2) is 5.82 Å². The first kappa shape index (κ1) is 16.6. The zero-order chi connectivity index (χ0) is 17.9. The van der Waals surface area contributed by atoms with Crippen LogP contribution in [0.1, 0.15) is 21.7 Å². The average Bonchev–Trinajstić information content (AvgIpc) is 3.08. The van der Waals surface area contributed by atoms with E-state index in [1.807, 2.05) is 18.3 Å². The van der Waals surface area contributed by atoms with Crippen molar-refractivity contribution in [2.24, 2.45) is 0 Å². The Labute approximate surface area is 156 Å². The minimum Gasteiger partial charge on any atom is -0.323 e. The summed E-state index contributed by atoms with van der Waals surface area (Å²) >= 11 is 1.62. The van der Waals surface area contributed by atoms with E-state index in [1.54, 1.807) is 17.7 Å². The maximum absolute atomic E-state index is 4.77. The minimum atomic E-state index is 0.702. The predicted molar refractivity (Wildman–Crippen MR) is 106 cm³/mol. The van der Waals surface area contributed by atoms with Crippen LogP contribution in [0.25, 0.3) is 10.3 Å². The Morgan fingerprint density at radius 3 is 2.62 bits per heavy atom. The number of benzene rings is 1. The molecule has 6 heteroatoms. The van der Waals surface area contributed by atoms with Gasteiger partial charge in [-0.25, -0.2) is 19.9 Å². The Bertz CT molecular complexity index is 1040. The monoisotopic (exact) mass is 361 g/mol. The molecule has 0 aliphatic carbocycles. The molecule has 0 atom stereocenters. The van der Waals surface area contributed by atoms with Gasteiger partial charge in [-0.3, -0.25) is 0 Å². The van der Waals surface area contributed by atoms with Gasteiger partial charge < -0.3 is 5.32 Å². The van der Waals surface area contributed by atoms with Gasteiger partial charge in [-0.05, 0) is 43.0 Å². The van der Waals surface area contributed by atoms with Crippen LogP contribution in [0.5, 0.6) is 0 Å². The molecule has 1 N–H and O–H groups in total. The van der Waals surface area contributed by atoms with E-state index in [1.165, 1.54) is 16.7 Å². The highest BCUT2D eigenvalue weighted by Crippen LogP contribution is 2.27. The van der Waals surface area contributed by atoms with E-state index in [0.717, 1.165) is 34.0 Å². The van der Waals surface area contributed by atoms with Crippen LogP contribution >= 0.6 is 11.3 Å². The van der Waals surface area contributed by atoms with Crippen molar-refractivity contribution in [3.63, 3.8) is 0 Å². The average molecular weight is 361 g/mol. The fourth-order valence-electron chi connectivity index (χ4n) is 2.71. The molecule has 5 nitrogen and oxygen atoms in total. The van der Waals surface area contributed by atoms with E-state index in [0.29, 0.717) is 5.82 Å². The van der Waals surface area contributed by atoms with Gasteiger partial charge in [0.2, 0.25) is 0 Å². The van der Waals surface area contributed by atoms with Crippen molar-refractivity contribution >= 4 is 33.3 Å². The Balaban J connectivity index is 1.58. The molecule has 1 aromatic carbocycles. The second-order valence-electron chi connectivity index (χ2n) is 6.25. The Morgan fingerprint density at radius 1 is 0.962 bits per heavy atom. The van der Waals surface area contributed by atoms with Crippen molar-refractivity contribution in [1.29, 1.82) is 0 Å². The lowest BCUT2D eigenvalue weighted by Crippen LogP contribution is -1.99. The normalized spacial score (nSPS) is 11.0. The Morgan fingerprint density at radius 2 is 1.81 bits per heavy atom. The third-order valence-electron chi connectivity index (χ3n) is 4.33.